The number of nitrogens with one attached hydrogen (secondary N) is 1. The lowest BCUT2D eigenvalue weighted by molar-refractivity contribution is 0.0950. The monoisotopic (exact) mass is 251 g/mol. The van der Waals surface area contributed by atoms with Crippen LogP contribution in [0.2, 0.25) is 0 Å². The van der Waals surface area contributed by atoms with Crippen molar-refractivity contribution in [1.29, 1.82) is 0 Å². The molecule has 0 amide bonds. The van der Waals surface area contributed by atoms with Gasteiger partial charge in [-0.15, -0.1) is 0 Å². The first-order valence-corrected chi connectivity index (χ1v) is 7.04. The van der Waals surface area contributed by atoms with E-state index < -0.39 is 0 Å². The minimum atomic E-state index is 0.392. The zero-order valence-corrected chi connectivity index (χ0v) is 11.7. The molecule has 1 aromatic heterocycles. The molecule has 2 rings (SSSR count). The maximum atomic E-state index is 5.63. The number of imidazole rings is 1. The van der Waals surface area contributed by atoms with Crippen molar-refractivity contribution in [3.05, 3.63) is 18.2 Å². The van der Waals surface area contributed by atoms with Crippen LogP contribution in [-0.2, 0) is 4.74 Å². The lowest BCUT2D eigenvalue weighted by Gasteiger charge is -2.26. The maximum Gasteiger partial charge on any atom is 0.0951 e. The first kappa shape index (κ1) is 13.6. The minimum Gasteiger partial charge on any atom is -0.380 e. The molecular weight excluding hydrogens is 226 g/mol. The average Bonchev–Trinajstić information content (AvgIpc) is 2.99. The third-order valence-electron chi connectivity index (χ3n) is 3.79. The summed E-state index contributed by atoms with van der Waals surface area (Å²) >= 11 is 0. The highest BCUT2D eigenvalue weighted by atomic mass is 16.5. The van der Waals surface area contributed by atoms with E-state index in [0.29, 0.717) is 17.9 Å². The van der Waals surface area contributed by atoms with Crippen LogP contribution in [0.1, 0.15) is 44.8 Å². The number of hydrogen-bond donors (Lipinski definition) is 1. The lowest BCUT2D eigenvalue weighted by atomic mass is 10.0. The second kappa shape index (κ2) is 6.34. The van der Waals surface area contributed by atoms with Crippen LogP contribution in [-0.4, -0.2) is 35.9 Å². The molecule has 4 nitrogen and oxygen atoms in total. The Hall–Kier alpha value is -0.870. The van der Waals surface area contributed by atoms with Crippen molar-refractivity contribution >= 4 is 0 Å². The van der Waals surface area contributed by atoms with E-state index in [1.165, 1.54) is 12.1 Å². The van der Waals surface area contributed by atoms with E-state index in [1.807, 2.05) is 19.4 Å². The first-order valence-electron chi connectivity index (χ1n) is 7.04. The molecule has 0 bridgehead atoms. The van der Waals surface area contributed by atoms with E-state index in [4.69, 9.17) is 4.74 Å². The molecule has 0 aliphatic carbocycles. The standard InChI is InChI=1S/C14H25N3O/c1-4-18-9-14(11(2)3)17-10-16-8-13(17)12-5-6-15-7-12/h8,10-12,14-15H,4-7,9H2,1-3H3. The van der Waals surface area contributed by atoms with Gasteiger partial charge in [0.05, 0.1) is 19.0 Å². The molecule has 4 heteroatoms. The maximum absolute atomic E-state index is 5.63. The van der Waals surface area contributed by atoms with Gasteiger partial charge < -0.3 is 14.6 Å². The molecule has 2 heterocycles. The van der Waals surface area contributed by atoms with Gasteiger partial charge in [-0.2, -0.15) is 0 Å². The van der Waals surface area contributed by atoms with Crippen LogP contribution in [0, 0.1) is 5.92 Å². The van der Waals surface area contributed by atoms with Gasteiger partial charge in [-0.25, -0.2) is 4.98 Å². The van der Waals surface area contributed by atoms with E-state index in [9.17, 15) is 0 Å². The van der Waals surface area contributed by atoms with Crippen LogP contribution in [0.3, 0.4) is 0 Å². The van der Waals surface area contributed by atoms with Crippen LogP contribution in [0.4, 0.5) is 0 Å². The Kier molecular flexibility index (Phi) is 4.78. The molecule has 102 valence electrons. The van der Waals surface area contributed by atoms with Gasteiger partial charge in [0.15, 0.2) is 0 Å². The van der Waals surface area contributed by atoms with Gasteiger partial charge in [0.2, 0.25) is 0 Å². The van der Waals surface area contributed by atoms with E-state index in [1.54, 1.807) is 0 Å². The second-order valence-electron chi connectivity index (χ2n) is 5.39. The summed E-state index contributed by atoms with van der Waals surface area (Å²) in [7, 11) is 0. The van der Waals surface area contributed by atoms with Crippen molar-refractivity contribution in [2.75, 3.05) is 26.3 Å². The van der Waals surface area contributed by atoms with E-state index in [2.05, 4.69) is 28.7 Å². The Bertz CT molecular complexity index is 356. The second-order valence-corrected chi connectivity index (χ2v) is 5.39. The van der Waals surface area contributed by atoms with Gasteiger partial charge in [-0.3, -0.25) is 0 Å². The van der Waals surface area contributed by atoms with Crippen molar-refractivity contribution in [1.82, 2.24) is 14.9 Å². The van der Waals surface area contributed by atoms with Crippen LogP contribution < -0.4 is 5.32 Å². The van der Waals surface area contributed by atoms with Crippen LogP contribution >= 0.6 is 0 Å². The van der Waals surface area contributed by atoms with Crippen molar-refractivity contribution in [2.45, 2.75) is 39.2 Å². The molecule has 1 aliphatic heterocycles. The first-order chi connectivity index (χ1) is 8.74. The smallest absolute Gasteiger partial charge is 0.0951 e. The minimum absolute atomic E-state index is 0.392. The molecule has 1 aromatic rings. The highest BCUT2D eigenvalue weighted by Crippen LogP contribution is 2.27. The number of hydrogen-bond acceptors (Lipinski definition) is 3. The highest BCUT2D eigenvalue weighted by Gasteiger charge is 2.24. The van der Waals surface area contributed by atoms with Crippen molar-refractivity contribution < 1.29 is 4.74 Å². The highest BCUT2D eigenvalue weighted by molar-refractivity contribution is 5.10. The summed E-state index contributed by atoms with van der Waals surface area (Å²) in [4.78, 5) is 4.36. The fourth-order valence-corrected chi connectivity index (χ4v) is 2.65. The van der Waals surface area contributed by atoms with Gasteiger partial charge in [-0.05, 0) is 25.8 Å². The Labute approximate surface area is 110 Å². The Morgan fingerprint density at radius 1 is 1.56 bits per heavy atom. The van der Waals surface area contributed by atoms with Crippen molar-refractivity contribution in [2.24, 2.45) is 5.92 Å². The number of aromatic nitrogens is 2. The summed E-state index contributed by atoms with van der Waals surface area (Å²) in [5, 5.41) is 3.43. The molecule has 18 heavy (non-hydrogen) atoms. The number of ether oxygens (including phenoxy) is 1. The molecule has 0 aromatic carbocycles. The van der Waals surface area contributed by atoms with Crippen molar-refractivity contribution in [3.63, 3.8) is 0 Å². The third kappa shape index (κ3) is 2.93. The topological polar surface area (TPSA) is 39.1 Å². The van der Waals surface area contributed by atoms with Crippen LogP contribution in [0.5, 0.6) is 0 Å². The van der Waals surface area contributed by atoms with Gasteiger partial charge in [0.1, 0.15) is 0 Å². The summed E-state index contributed by atoms with van der Waals surface area (Å²) < 4.78 is 7.97. The van der Waals surface area contributed by atoms with E-state index >= 15 is 0 Å². The summed E-state index contributed by atoms with van der Waals surface area (Å²) in [6.07, 6.45) is 5.21. The fraction of sp³-hybridized carbons (Fsp3) is 0.786. The summed E-state index contributed by atoms with van der Waals surface area (Å²) in [6, 6.07) is 0.392. The van der Waals surface area contributed by atoms with Crippen molar-refractivity contribution in [3.8, 4) is 0 Å². The normalized spacial score (nSPS) is 21.7. The fourth-order valence-electron chi connectivity index (χ4n) is 2.65. The molecule has 0 radical (unpaired) electrons. The van der Waals surface area contributed by atoms with Gasteiger partial charge in [-0.1, -0.05) is 13.8 Å². The van der Waals surface area contributed by atoms with E-state index in [0.717, 1.165) is 26.3 Å². The van der Waals surface area contributed by atoms with Gasteiger partial charge in [0, 0.05) is 31.0 Å². The number of rotatable bonds is 6. The molecule has 1 saturated heterocycles. The Balaban J connectivity index is 2.16. The van der Waals surface area contributed by atoms with Crippen LogP contribution in [0.25, 0.3) is 0 Å². The largest absolute Gasteiger partial charge is 0.380 e. The molecule has 1 fully saturated rings. The van der Waals surface area contributed by atoms with Gasteiger partial charge in [0.25, 0.3) is 0 Å². The van der Waals surface area contributed by atoms with E-state index in [-0.39, 0.29) is 0 Å². The third-order valence-corrected chi connectivity index (χ3v) is 3.79. The molecule has 1 N–H and O–H groups in total. The molecule has 2 unspecified atom stereocenters. The quantitative estimate of drug-likeness (QED) is 0.842. The molecule has 0 spiro atoms. The molecule has 2 atom stereocenters. The summed E-state index contributed by atoms with van der Waals surface area (Å²) in [6.45, 7) is 10.3. The Morgan fingerprint density at radius 3 is 3.00 bits per heavy atom. The molecule has 1 aliphatic rings. The predicted molar refractivity (Wildman–Crippen MR) is 72.8 cm³/mol. The predicted octanol–water partition coefficient (Wildman–Crippen LogP) is 2.19. The summed E-state index contributed by atoms with van der Waals surface area (Å²) in [5.74, 6) is 1.16. The van der Waals surface area contributed by atoms with Gasteiger partial charge >= 0.3 is 0 Å². The zero-order valence-electron chi connectivity index (χ0n) is 11.7. The molecular formula is C14H25N3O. The summed E-state index contributed by atoms with van der Waals surface area (Å²) in [5.41, 5.74) is 1.36. The molecule has 0 saturated carbocycles. The average molecular weight is 251 g/mol. The van der Waals surface area contributed by atoms with Crippen LogP contribution in [0.15, 0.2) is 12.5 Å². The Morgan fingerprint density at radius 2 is 2.39 bits per heavy atom. The lowest BCUT2D eigenvalue weighted by Crippen LogP contribution is -2.23. The SMILES string of the molecule is CCOCC(C(C)C)n1cncc1C1CCNC1. The number of nitrogens with zero attached hydrogens (tertiary/aromatic N) is 2. The zero-order chi connectivity index (χ0) is 13.0.